The smallest absolute Gasteiger partial charge is 0.0946 e. The fourth-order valence-corrected chi connectivity index (χ4v) is 5.85. The molecule has 3 aromatic rings. The van der Waals surface area contributed by atoms with Crippen LogP contribution in [0.25, 0.3) is 0 Å². The van der Waals surface area contributed by atoms with E-state index in [0.717, 1.165) is 18.1 Å². The molecule has 0 atom stereocenters. The molecule has 0 unspecified atom stereocenters. The second-order valence-electron chi connectivity index (χ2n) is 6.01. The number of hydrogen-bond donors (Lipinski definition) is 0. The van der Waals surface area contributed by atoms with Crippen molar-refractivity contribution >= 4 is 47.0 Å². The molecule has 0 fully saturated rings. The van der Waals surface area contributed by atoms with Crippen LogP contribution in [0.3, 0.4) is 0 Å². The zero-order valence-corrected chi connectivity index (χ0v) is 18.8. The predicted molar refractivity (Wildman–Crippen MR) is 125 cm³/mol. The molecule has 3 rings (SSSR count). The molecular formula is C21H24N2S4. The van der Waals surface area contributed by atoms with Crippen molar-refractivity contribution < 1.29 is 0 Å². The Hall–Kier alpha value is -0.950. The minimum Gasteiger partial charge on any atom is -0.336 e. The van der Waals surface area contributed by atoms with E-state index in [1.54, 1.807) is 23.5 Å². The first-order valence-electron chi connectivity index (χ1n) is 8.71. The molecule has 0 spiro atoms. The largest absolute Gasteiger partial charge is 0.336 e. The molecule has 142 valence electrons. The van der Waals surface area contributed by atoms with Crippen molar-refractivity contribution in [2.24, 2.45) is 0 Å². The van der Waals surface area contributed by atoms with Gasteiger partial charge in [0.25, 0.3) is 0 Å². The summed E-state index contributed by atoms with van der Waals surface area (Å²) < 4.78 is 2.66. The lowest BCUT2D eigenvalue weighted by molar-refractivity contribution is 0.750. The molecule has 1 heterocycles. The van der Waals surface area contributed by atoms with Crippen molar-refractivity contribution in [3.05, 3.63) is 78.4 Å². The second kappa shape index (κ2) is 11.1. The summed E-state index contributed by atoms with van der Waals surface area (Å²) in [6, 6.07) is 17.9. The van der Waals surface area contributed by atoms with E-state index in [1.807, 2.05) is 36.0 Å². The SMILES string of the molecule is CSc1ccc(CSC(Cn2ccnc2)SCc2ccc(SC)cc2)cc1. The maximum atomic E-state index is 4.19. The van der Waals surface area contributed by atoms with E-state index in [1.165, 1.54) is 20.9 Å². The van der Waals surface area contributed by atoms with E-state index in [2.05, 4.69) is 76.8 Å². The molecule has 0 saturated carbocycles. The number of benzene rings is 2. The van der Waals surface area contributed by atoms with E-state index in [-0.39, 0.29) is 0 Å². The Bertz CT molecular complexity index is 735. The van der Waals surface area contributed by atoms with Crippen LogP contribution in [-0.2, 0) is 18.1 Å². The Morgan fingerprint density at radius 3 is 1.74 bits per heavy atom. The number of aromatic nitrogens is 2. The van der Waals surface area contributed by atoms with Gasteiger partial charge in [0.2, 0.25) is 0 Å². The second-order valence-corrected chi connectivity index (χ2v) is 10.4. The van der Waals surface area contributed by atoms with Gasteiger partial charge < -0.3 is 4.57 Å². The highest BCUT2D eigenvalue weighted by Gasteiger charge is 2.12. The average molecular weight is 433 g/mol. The molecule has 0 aliphatic carbocycles. The minimum absolute atomic E-state index is 0.486. The summed E-state index contributed by atoms with van der Waals surface area (Å²) in [7, 11) is 0. The van der Waals surface area contributed by atoms with E-state index in [9.17, 15) is 0 Å². The molecule has 1 aromatic heterocycles. The first kappa shape index (κ1) is 20.8. The molecule has 0 aliphatic rings. The molecule has 0 radical (unpaired) electrons. The lowest BCUT2D eigenvalue weighted by Crippen LogP contribution is -2.09. The number of thioether (sulfide) groups is 4. The van der Waals surface area contributed by atoms with Crippen LogP contribution in [0, 0.1) is 0 Å². The minimum atomic E-state index is 0.486. The number of hydrogen-bond acceptors (Lipinski definition) is 5. The third-order valence-corrected chi connectivity index (χ3v) is 8.45. The summed E-state index contributed by atoms with van der Waals surface area (Å²) in [6.45, 7) is 0.973. The first-order chi connectivity index (χ1) is 13.3. The average Bonchev–Trinajstić information content (AvgIpc) is 3.24. The van der Waals surface area contributed by atoms with Gasteiger partial charge in [-0.3, -0.25) is 0 Å². The number of rotatable bonds is 10. The van der Waals surface area contributed by atoms with Gasteiger partial charge in [-0.05, 0) is 47.9 Å². The van der Waals surface area contributed by atoms with Crippen LogP contribution in [0.4, 0.5) is 0 Å². The van der Waals surface area contributed by atoms with E-state index in [0.29, 0.717) is 4.58 Å². The standard InChI is InChI=1S/C21H24N2S4/c1-24-19-7-3-17(4-8-19)14-26-21(13-23-12-11-22-16-23)27-15-18-5-9-20(25-2)10-6-18/h3-12,16,21H,13-15H2,1-2H3. The van der Waals surface area contributed by atoms with Crippen molar-refractivity contribution in [2.45, 2.75) is 32.4 Å². The van der Waals surface area contributed by atoms with Gasteiger partial charge in [-0.15, -0.1) is 47.0 Å². The Morgan fingerprint density at radius 2 is 1.33 bits per heavy atom. The number of nitrogens with zero attached hydrogens (tertiary/aromatic N) is 2. The van der Waals surface area contributed by atoms with Crippen LogP contribution >= 0.6 is 47.0 Å². The Kier molecular flexibility index (Phi) is 8.58. The molecule has 0 bridgehead atoms. The quantitative estimate of drug-likeness (QED) is 0.267. The Balaban J connectivity index is 1.58. The fraction of sp³-hybridized carbons (Fsp3) is 0.286. The maximum Gasteiger partial charge on any atom is 0.0946 e. The van der Waals surface area contributed by atoms with Crippen LogP contribution in [0.2, 0.25) is 0 Å². The van der Waals surface area contributed by atoms with Gasteiger partial charge in [0.05, 0.1) is 10.9 Å². The fourth-order valence-electron chi connectivity index (χ4n) is 2.54. The highest BCUT2D eigenvalue weighted by atomic mass is 32.2. The van der Waals surface area contributed by atoms with E-state index < -0.39 is 0 Å². The Morgan fingerprint density at radius 1 is 0.815 bits per heavy atom. The summed E-state index contributed by atoms with van der Waals surface area (Å²) in [5.74, 6) is 2.07. The molecule has 0 amide bonds. The van der Waals surface area contributed by atoms with Crippen molar-refractivity contribution in [3.8, 4) is 0 Å². The molecule has 0 N–H and O–H groups in total. The van der Waals surface area contributed by atoms with Crippen molar-refractivity contribution in [1.82, 2.24) is 9.55 Å². The summed E-state index contributed by atoms with van der Waals surface area (Å²) in [4.78, 5) is 6.83. The normalized spacial score (nSPS) is 11.2. The van der Waals surface area contributed by atoms with Crippen LogP contribution < -0.4 is 0 Å². The third kappa shape index (κ3) is 6.86. The molecule has 27 heavy (non-hydrogen) atoms. The molecule has 2 aromatic carbocycles. The zero-order chi connectivity index (χ0) is 18.9. The van der Waals surface area contributed by atoms with Crippen LogP contribution in [0.15, 0.2) is 77.0 Å². The van der Waals surface area contributed by atoms with Crippen molar-refractivity contribution in [1.29, 1.82) is 0 Å². The molecule has 2 nitrogen and oxygen atoms in total. The number of imidazole rings is 1. The summed E-state index contributed by atoms with van der Waals surface area (Å²) in [6.07, 6.45) is 10.1. The first-order valence-corrected chi connectivity index (χ1v) is 13.3. The van der Waals surface area contributed by atoms with Crippen LogP contribution in [0.1, 0.15) is 11.1 Å². The molecular weight excluding hydrogens is 409 g/mol. The maximum absolute atomic E-state index is 4.19. The highest BCUT2D eigenvalue weighted by Crippen LogP contribution is 2.31. The summed E-state index contributed by atoms with van der Waals surface area (Å²) in [5.41, 5.74) is 2.77. The predicted octanol–water partition coefficient (Wildman–Crippen LogP) is 6.52. The topological polar surface area (TPSA) is 17.8 Å². The Labute approximate surface area is 179 Å². The van der Waals surface area contributed by atoms with Crippen molar-refractivity contribution in [2.75, 3.05) is 12.5 Å². The van der Waals surface area contributed by atoms with Gasteiger partial charge in [0, 0.05) is 40.2 Å². The molecule has 6 heteroatoms. The summed E-state index contributed by atoms with van der Waals surface area (Å²) in [5, 5.41) is 0. The van der Waals surface area contributed by atoms with E-state index in [4.69, 9.17) is 0 Å². The molecule has 0 saturated heterocycles. The monoisotopic (exact) mass is 432 g/mol. The van der Waals surface area contributed by atoms with Crippen LogP contribution in [0.5, 0.6) is 0 Å². The van der Waals surface area contributed by atoms with Gasteiger partial charge in [-0.25, -0.2) is 4.98 Å². The van der Waals surface area contributed by atoms with Crippen molar-refractivity contribution in [3.63, 3.8) is 0 Å². The summed E-state index contributed by atoms with van der Waals surface area (Å²) >= 11 is 7.61. The van der Waals surface area contributed by atoms with Gasteiger partial charge in [0.15, 0.2) is 0 Å². The highest BCUT2D eigenvalue weighted by molar-refractivity contribution is 8.16. The van der Waals surface area contributed by atoms with Gasteiger partial charge in [-0.1, -0.05) is 24.3 Å². The van der Waals surface area contributed by atoms with Gasteiger partial charge in [0.1, 0.15) is 0 Å². The van der Waals surface area contributed by atoms with Crippen LogP contribution in [-0.4, -0.2) is 26.6 Å². The third-order valence-electron chi connectivity index (χ3n) is 4.11. The molecule has 0 aliphatic heterocycles. The zero-order valence-electron chi connectivity index (χ0n) is 15.6. The van der Waals surface area contributed by atoms with E-state index >= 15 is 0 Å². The van der Waals surface area contributed by atoms with Gasteiger partial charge in [-0.2, -0.15) is 0 Å². The lowest BCUT2D eigenvalue weighted by Gasteiger charge is -2.17. The van der Waals surface area contributed by atoms with Gasteiger partial charge >= 0.3 is 0 Å². The lowest BCUT2D eigenvalue weighted by atomic mass is 10.2.